The molecular weight excluding hydrogens is 334 g/mol. The average Bonchev–Trinajstić information content (AvgIpc) is 3.22. The number of hydrogen-bond acceptors (Lipinski definition) is 5. The summed E-state index contributed by atoms with van der Waals surface area (Å²) in [5.41, 5.74) is 0. The molecule has 0 unspecified atom stereocenters. The first kappa shape index (κ1) is 21.6. The van der Waals surface area contributed by atoms with E-state index in [1.165, 1.54) is 39.2 Å². The van der Waals surface area contributed by atoms with E-state index in [4.69, 9.17) is 19.4 Å². The third-order valence-corrected chi connectivity index (χ3v) is 5.68. The van der Waals surface area contributed by atoms with Gasteiger partial charge in [-0.15, -0.1) is 0 Å². The lowest BCUT2D eigenvalue weighted by Gasteiger charge is -2.27. The zero-order chi connectivity index (χ0) is 18.8. The second kappa shape index (κ2) is 11.9. The molecule has 1 amide bonds. The molecule has 0 aromatic rings. The first-order valence-corrected chi connectivity index (χ1v) is 10.4. The molecule has 2 aliphatic rings. The van der Waals surface area contributed by atoms with Gasteiger partial charge in [-0.3, -0.25) is 10.0 Å². The van der Waals surface area contributed by atoms with Crippen molar-refractivity contribution in [2.75, 3.05) is 33.5 Å². The maximum atomic E-state index is 11.3. The Morgan fingerprint density at radius 2 is 1.77 bits per heavy atom. The maximum Gasteiger partial charge on any atom is 0.245 e. The zero-order valence-electron chi connectivity index (χ0n) is 16.5. The summed E-state index contributed by atoms with van der Waals surface area (Å²) in [6, 6.07) is 0. The molecule has 4 atom stereocenters. The van der Waals surface area contributed by atoms with E-state index in [1.54, 1.807) is 0 Å². The standard InChI is InChI=1S/C20H37NO5/c1-3-4-5-6-12-25-15-17-16(18-9-10-19(17)26-18)11-14-24-13-7-8-20(22)21(2)23/h16-19,23H,3-15H2,1-2H3/t16-,17+,18-,19+/m1/s1. The van der Waals surface area contributed by atoms with Crippen molar-refractivity contribution in [1.82, 2.24) is 5.06 Å². The number of carbonyl (C=O) groups excluding carboxylic acids is 1. The van der Waals surface area contributed by atoms with E-state index in [0.717, 1.165) is 26.1 Å². The van der Waals surface area contributed by atoms with Crippen LogP contribution in [-0.2, 0) is 19.0 Å². The SMILES string of the molecule is CCCCCCOC[C@H]1[C@@H](CCOCCCC(=O)N(C)O)[C@H]2CC[C@@H]1O2. The van der Waals surface area contributed by atoms with Crippen LogP contribution in [0.1, 0.15) is 64.7 Å². The van der Waals surface area contributed by atoms with Gasteiger partial charge in [-0.25, -0.2) is 5.06 Å². The summed E-state index contributed by atoms with van der Waals surface area (Å²) < 4.78 is 17.8. The Morgan fingerprint density at radius 1 is 1.04 bits per heavy atom. The summed E-state index contributed by atoms with van der Waals surface area (Å²) in [4.78, 5) is 11.3. The lowest BCUT2D eigenvalue weighted by molar-refractivity contribution is -0.159. The quantitative estimate of drug-likeness (QED) is 0.288. The highest BCUT2D eigenvalue weighted by molar-refractivity contribution is 5.74. The Balaban J connectivity index is 1.58. The van der Waals surface area contributed by atoms with Gasteiger partial charge in [0.1, 0.15) is 0 Å². The number of carbonyl (C=O) groups is 1. The number of hydrogen-bond donors (Lipinski definition) is 1. The van der Waals surface area contributed by atoms with Gasteiger partial charge in [-0.05, 0) is 38.0 Å². The first-order chi connectivity index (χ1) is 12.6. The molecule has 0 saturated carbocycles. The van der Waals surface area contributed by atoms with E-state index < -0.39 is 0 Å². The molecule has 152 valence electrons. The number of rotatable bonds is 14. The Morgan fingerprint density at radius 3 is 2.50 bits per heavy atom. The van der Waals surface area contributed by atoms with Gasteiger partial charge in [-0.2, -0.15) is 0 Å². The molecule has 6 nitrogen and oxygen atoms in total. The summed E-state index contributed by atoms with van der Waals surface area (Å²) in [6.45, 7) is 5.16. The predicted octanol–water partition coefficient (Wildman–Crippen LogP) is 3.41. The second-order valence-electron chi connectivity index (χ2n) is 7.68. The normalized spacial score (nSPS) is 27.2. The average molecular weight is 372 g/mol. The minimum atomic E-state index is -0.272. The van der Waals surface area contributed by atoms with Crippen LogP contribution in [-0.4, -0.2) is 61.9 Å². The molecule has 2 bridgehead atoms. The van der Waals surface area contributed by atoms with E-state index in [1.807, 2.05) is 0 Å². The highest BCUT2D eigenvalue weighted by Gasteiger charge is 2.48. The Bertz CT molecular complexity index is 404. The minimum absolute atomic E-state index is 0.272. The van der Waals surface area contributed by atoms with Crippen molar-refractivity contribution in [3.05, 3.63) is 0 Å². The van der Waals surface area contributed by atoms with Gasteiger partial charge in [-0.1, -0.05) is 26.2 Å². The molecule has 1 N–H and O–H groups in total. The lowest BCUT2D eigenvalue weighted by Crippen LogP contribution is -2.32. The minimum Gasteiger partial charge on any atom is -0.381 e. The predicted molar refractivity (Wildman–Crippen MR) is 99.1 cm³/mol. The third-order valence-electron chi connectivity index (χ3n) is 5.68. The number of ether oxygens (including phenoxy) is 3. The van der Waals surface area contributed by atoms with E-state index in [-0.39, 0.29) is 5.91 Å². The van der Waals surface area contributed by atoms with Gasteiger partial charge in [0.2, 0.25) is 5.91 Å². The number of amides is 1. The molecule has 2 heterocycles. The van der Waals surface area contributed by atoms with Gasteiger partial charge < -0.3 is 14.2 Å². The van der Waals surface area contributed by atoms with Crippen LogP contribution in [0.25, 0.3) is 0 Å². The highest BCUT2D eigenvalue weighted by atomic mass is 16.5. The van der Waals surface area contributed by atoms with E-state index >= 15 is 0 Å². The molecule has 0 aliphatic carbocycles. The van der Waals surface area contributed by atoms with Gasteiger partial charge >= 0.3 is 0 Å². The molecule has 0 aromatic heterocycles. The number of fused-ring (bicyclic) bond motifs is 2. The second-order valence-corrected chi connectivity index (χ2v) is 7.68. The molecule has 2 saturated heterocycles. The smallest absolute Gasteiger partial charge is 0.245 e. The van der Waals surface area contributed by atoms with Gasteiger partial charge in [0.05, 0.1) is 18.8 Å². The Hall–Kier alpha value is -0.690. The molecule has 26 heavy (non-hydrogen) atoms. The lowest BCUT2D eigenvalue weighted by atomic mass is 9.78. The van der Waals surface area contributed by atoms with Crippen molar-refractivity contribution in [2.45, 2.75) is 76.9 Å². The van der Waals surface area contributed by atoms with Gasteiger partial charge in [0, 0.05) is 39.2 Å². The van der Waals surface area contributed by atoms with Crippen LogP contribution in [0.15, 0.2) is 0 Å². The van der Waals surface area contributed by atoms with Crippen molar-refractivity contribution in [1.29, 1.82) is 0 Å². The molecule has 0 aromatic carbocycles. The fraction of sp³-hybridized carbons (Fsp3) is 0.950. The number of nitrogens with zero attached hydrogens (tertiary/aromatic N) is 1. The van der Waals surface area contributed by atoms with Gasteiger partial charge in [0.15, 0.2) is 0 Å². The van der Waals surface area contributed by atoms with Crippen molar-refractivity contribution in [3.8, 4) is 0 Å². The van der Waals surface area contributed by atoms with Crippen LogP contribution in [0.2, 0.25) is 0 Å². The molecule has 2 aliphatic heterocycles. The Kier molecular flexibility index (Phi) is 9.89. The highest BCUT2D eigenvalue weighted by Crippen LogP contribution is 2.45. The number of hydroxylamine groups is 2. The maximum absolute atomic E-state index is 11.3. The van der Waals surface area contributed by atoms with Crippen molar-refractivity contribution >= 4 is 5.91 Å². The largest absolute Gasteiger partial charge is 0.381 e. The topological polar surface area (TPSA) is 68.2 Å². The summed E-state index contributed by atoms with van der Waals surface area (Å²) in [6.07, 6.45) is 10.0. The van der Waals surface area contributed by atoms with Crippen molar-refractivity contribution in [3.63, 3.8) is 0 Å². The fourth-order valence-corrected chi connectivity index (χ4v) is 4.16. The van der Waals surface area contributed by atoms with Crippen LogP contribution in [0, 0.1) is 11.8 Å². The molecule has 0 spiro atoms. The monoisotopic (exact) mass is 371 g/mol. The molecule has 6 heteroatoms. The third kappa shape index (κ3) is 6.80. The Labute approximate surface area is 158 Å². The van der Waals surface area contributed by atoms with Crippen LogP contribution in [0.5, 0.6) is 0 Å². The summed E-state index contributed by atoms with van der Waals surface area (Å²) in [5, 5.41) is 9.64. The molecule has 0 radical (unpaired) electrons. The van der Waals surface area contributed by atoms with Crippen LogP contribution in [0.3, 0.4) is 0 Å². The summed E-state index contributed by atoms with van der Waals surface area (Å²) in [7, 11) is 1.35. The van der Waals surface area contributed by atoms with Crippen molar-refractivity contribution in [2.24, 2.45) is 11.8 Å². The van der Waals surface area contributed by atoms with Crippen LogP contribution in [0.4, 0.5) is 0 Å². The van der Waals surface area contributed by atoms with E-state index in [0.29, 0.717) is 55.2 Å². The molecule has 2 rings (SSSR count). The summed E-state index contributed by atoms with van der Waals surface area (Å²) in [5.74, 6) is 0.772. The zero-order valence-corrected chi connectivity index (χ0v) is 16.5. The van der Waals surface area contributed by atoms with E-state index in [2.05, 4.69) is 6.92 Å². The first-order valence-electron chi connectivity index (χ1n) is 10.4. The molecular formula is C20H37NO5. The molecule has 2 fully saturated rings. The van der Waals surface area contributed by atoms with Crippen LogP contribution < -0.4 is 0 Å². The van der Waals surface area contributed by atoms with E-state index in [9.17, 15) is 4.79 Å². The summed E-state index contributed by atoms with van der Waals surface area (Å²) >= 11 is 0. The fourth-order valence-electron chi connectivity index (χ4n) is 4.16. The van der Waals surface area contributed by atoms with Gasteiger partial charge in [0.25, 0.3) is 0 Å². The number of unbranched alkanes of at least 4 members (excludes halogenated alkanes) is 3. The van der Waals surface area contributed by atoms with Crippen LogP contribution >= 0.6 is 0 Å². The van der Waals surface area contributed by atoms with Crippen molar-refractivity contribution < 1.29 is 24.2 Å².